The van der Waals surface area contributed by atoms with Crippen LogP contribution in [0.5, 0.6) is 5.75 Å². The predicted molar refractivity (Wildman–Crippen MR) is 79.0 cm³/mol. The lowest BCUT2D eigenvalue weighted by Crippen LogP contribution is -2.30. The van der Waals surface area contributed by atoms with Crippen LogP contribution < -0.4 is 10.1 Å². The number of hydrogen-bond donors (Lipinski definition) is 1. The summed E-state index contributed by atoms with van der Waals surface area (Å²) in [6.07, 6.45) is 2.76. The van der Waals surface area contributed by atoms with Gasteiger partial charge in [0.05, 0.1) is 0 Å². The third kappa shape index (κ3) is 3.72. The molecule has 0 radical (unpaired) electrons. The van der Waals surface area contributed by atoms with Gasteiger partial charge in [-0.05, 0) is 48.4 Å². The van der Waals surface area contributed by atoms with Gasteiger partial charge >= 0.3 is 0 Å². The standard InChI is InChI=1S/C15H22BrNO/c1-12(2)15(7-8-15)11-17-9-10-18-14-5-3-13(16)4-6-14/h3-6,12,17H,7-11H2,1-2H3. The van der Waals surface area contributed by atoms with E-state index in [-0.39, 0.29) is 0 Å². The van der Waals surface area contributed by atoms with Gasteiger partial charge < -0.3 is 10.1 Å². The van der Waals surface area contributed by atoms with E-state index in [0.29, 0.717) is 5.41 Å². The van der Waals surface area contributed by atoms with E-state index in [1.165, 1.54) is 12.8 Å². The second-order valence-corrected chi connectivity index (χ2v) is 6.41. The summed E-state index contributed by atoms with van der Waals surface area (Å²) in [5.74, 6) is 1.72. The highest BCUT2D eigenvalue weighted by Gasteiger charge is 2.44. The van der Waals surface area contributed by atoms with E-state index in [9.17, 15) is 0 Å². The van der Waals surface area contributed by atoms with E-state index in [0.717, 1.165) is 35.8 Å². The van der Waals surface area contributed by atoms with E-state index in [1.807, 2.05) is 24.3 Å². The molecule has 0 aromatic heterocycles. The van der Waals surface area contributed by atoms with Crippen molar-refractivity contribution in [3.8, 4) is 5.75 Å². The number of halogens is 1. The van der Waals surface area contributed by atoms with E-state index >= 15 is 0 Å². The molecule has 1 aliphatic carbocycles. The van der Waals surface area contributed by atoms with Crippen LogP contribution in [-0.4, -0.2) is 19.7 Å². The summed E-state index contributed by atoms with van der Waals surface area (Å²) in [5.41, 5.74) is 0.581. The summed E-state index contributed by atoms with van der Waals surface area (Å²) in [7, 11) is 0. The fourth-order valence-corrected chi connectivity index (χ4v) is 2.49. The maximum absolute atomic E-state index is 5.67. The number of ether oxygens (including phenoxy) is 1. The van der Waals surface area contributed by atoms with Crippen molar-refractivity contribution in [1.82, 2.24) is 5.32 Å². The van der Waals surface area contributed by atoms with Crippen molar-refractivity contribution in [2.45, 2.75) is 26.7 Å². The van der Waals surface area contributed by atoms with Crippen LogP contribution in [0.15, 0.2) is 28.7 Å². The van der Waals surface area contributed by atoms with Gasteiger partial charge in [-0.15, -0.1) is 0 Å². The normalized spacial score (nSPS) is 16.9. The molecule has 0 aliphatic heterocycles. The Bertz CT molecular complexity index is 371. The minimum atomic E-state index is 0.581. The Labute approximate surface area is 118 Å². The molecule has 18 heavy (non-hydrogen) atoms. The average molecular weight is 312 g/mol. The maximum atomic E-state index is 5.67. The summed E-state index contributed by atoms with van der Waals surface area (Å²) < 4.78 is 6.76. The van der Waals surface area contributed by atoms with Gasteiger partial charge in [0, 0.05) is 17.6 Å². The van der Waals surface area contributed by atoms with E-state index in [2.05, 4.69) is 35.1 Å². The Morgan fingerprint density at radius 2 is 1.94 bits per heavy atom. The molecule has 1 fully saturated rings. The van der Waals surface area contributed by atoms with Crippen molar-refractivity contribution in [3.05, 3.63) is 28.7 Å². The van der Waals surface area contributed by atoms with Crippen molar-refractivity contribution >= 4 is 15.9 Å². The summed E-state index contributed by atoms with van der Waals surface area (Å²) in [6, 6.07) is 7.97. The molecule has 0 atom stereocenters. The Morgan fingerprint density at radius 3 is 2.50 bits per heavy atom. The molecule has 2 nitrogen and oxygen atoms in total. The van der Waals surface area contributed by atoms with Gasteiger partial charge in [-0.25, -0.2) is 0 Å². The van der Waals surface area contributed by atoms with Crippen molar-refractivity contribution in [2.24, 2.45) is 11.3 Å². The quantitative estimate of drug-likeness (QED) is 0.772. The topological polar surface area (TPSA) is 21.3 Å². The van der Waals surface area contributed by atoms with Crippen molar-refractivity contribution in [3.63, 3.8) is 0 Å². The fraction of sp³-hybridized carbons (Fsp3) is 0.600. The summed E-state index contributed by atoms with van der Waals surface area (Å²) in [6.45, 7) is 7.44. The molecule has 1 aromatic rings. The molecule has 0 bridgehead atoms. The van der Waals surface area contributed by atoms with Gasteiger partial charge in [0.1, 0.15) is 12.4 Å². The van der Waals surface area contributed by atoms with Crippen LogP contribution in [0.4, 0.5) is 0 Å². The first-order chi connectivity index (χ1) is 8.62. The second-order valence-electron chi connectivity index (χ2n) is 5.50. The summed E-state index contributed by atoms with van der Waals surface area (Å²) in [5, 5.41) is 3.52. The smallest absolute Gasteiger partial charge is 0.119 e. The van der Waals surface area contributed by atoms with Crippen LogP contribution in [0.25, 0.3) is 0 Å². The number of benzene rings is 1. The molecule has 0 saturated heterocycles. The summed E-state index contributed by atoms with van der Waals surface area (Å²) in [4.78, 5) is 0. The van der Waals surface area contributed by atoms with Gasteiger partial charge in [0.2, 0.25) is 0 Å². The lowest BCUT2D eigenvalue weighted by Gasteiger charge is -2.20. The van der Waals surface area contributed by atoms with Gasteiger partial charge in [0.25, 0.3) is 0 Å². The average Bonchev–Trinajstić information content (AvgIpc) is 3.12. The zero-order valence-electron chi connectivity index (χ0n) is 11.2. The Balaban J connectivity index is 1.60. The van der Waals surface area contributed by atoms with Crippen molar-refractivity contribution < 1.29 is 4.74 Å². The molecule has 0 amide bonds. The highest BCUT2D eigenvalue weighted by atomic mass is 79.9. The lowest BCUT2D eigenvalue weighted by atomic mass is 9.92. The van der Waals surface area contributed by atoms with E-state index < -0.39 is 0 Å². The zero-order valence-corrected chi connectivity index (χ0v) is 12.8. The fourth-order valence-electron chi connectivity index (χ4n) is 2.23. The number of nitrogens with one attached hydrogen (secondary N) is 1. The minimum absolute atomic E-state index is 0.581. The van der Waals surface area contributed by atoms with Crippen LogP contribution in [0, 0.1) is 11.3 Å². The second kappa shape index (κ2) is 6.07. The van der Waals surface area contributed by atoms with Crippen LogP contribution >= 0.6 is 15.9 Å². The third-order valence-corrected chi connectivity index (χ3v) is 4.48. The van der Waals surface area contributed by atoms with Crippen molar-refractivity contribution in [1.29, 1.82) is 0 Å². The highest BCUT2D eigenvalue weighted by molar-refractivity contribution is 9.10. The van der Waals surface area contributed by atoms with Crippen LogP contribution in [0.1, 0.15) is 26.7 Å². The zero-order chi connectivity index (χ0) is 13.0. The number of rotatable bonds is 7. The molecule has 1 aromatic carbocycles. The maximum Gasteiger partial charge on any atom is 0.119 e. The molecule has 0 unspecified atom stereocenters. The van der Waals surface area contributed by atoms with Gasteiger partial charge in [-0.2, -0.15) is 0 Å². The first-order valence-corrected chi connectivity index (χ1v) is 7.51. The van der Waals surface area contributed by atoms with Gasteiger partial charge in [-0.1, -0.05) is 29.8 Å². The lowest BCUT2D eigenvalue weighted by molar-refractivity contribution is 0.289. The van der Waals surface area contributed by atoms with Crippen LogP contribution in [0.3, 0.4) is 0 Å². The number of hydrogen-bond acceptors (Lipinski definition) is 2. The Morgan fingerprint density at radius 1 is 1.28 bits per heavy atom. The Kier molecular flexibility index (Phi) is 4.68. The highest BCUT2D eigenvalue weighted by Crippen LogP contribution is 2.51. The molecule has 1 N–H and O–H groups in total. The van der Waals surface area contributed by atoms with E-state index in [4.69, 9.17) is 4.74 Å². The molecular weight excluding hydrogens is 290 g/mol. The molecule has 1 saturated carbocycles. The first kappa shape index (κ1) is 13.9. The molecule has 0 spiro atoms. The van der Waals surface area contributed by atoms with Gasteiger partial charge in [-0.3, -0.25) is 0 Å². The van der Waals surface area contributed by atoms with Crippen LogP contribution in [-0.2, 0) is 0 Å². The van der Waals surface area contributed by atoms with E-state index in [1.54, 1.807) is 0 Å². The Hall–Kier alpha value is -0.540. The monoisotopic (exact) mass is 311 g/mol. The molecule has 1 aliphatic rings. The SMILES string of the molecule is CC(C)C1(CNCCOc2ccc(Br)cc2)CC1. The van der Waals surface area contributed by atoms with Crippen LogP contribution in [0.2, 0.25) is 0 Å². The molecule has 100 valence electrons. The molecule has 0 heterocycles. The van der Waals surface area contributed by atoms with Crippen molar-refractivity contribution in [2.75, 3.05) is 19.7 Å². The first-order valence-electron chi connectivity index (χ1n) is 6.71. The largest absolute Gasteiger partial charge is 0.492 e. The minimum Gasteiger partial charge on any atom is -0.492 e. The molecule has 2 rings (SSSR count). The predicted octanol–water partition coefficient (Wildman–Crippen LogP) is 3.85. The van der Waals surface area contributed by atoms with Gasteiger partial charge in [0.15, 0.2) is 0 Å². The third-order valence-electron chi connectivity index (χ3n) is 3.96. The summed E-state index contributed by atoms with van der Waals surface area (Å²) >= 11 is 3.41. The molecule has 3 heteroatoms. The molecular formula is C15H22BrNO.